The molecular weight excluding hydrogens is 597 g/mol. The Bertz CT molecular complexity index is 1590. The maximum Gasteiger partial charge on any atom is 0.264 e. The fraction of sp³-hybridized carbons (Fsp3) is 0.296. The molecule has 1 aliphatic heterocycles. The van der Waals surface area contributed by atoms with Crippen LogP contribution >= 0.6 is 23.2 Å². The molecule has 214 valence electrons. The summed E-state index contributed by atoms with van der Waals surface area (Å²) in [4.78, 5) is 13.1. The lowest BCUT2D eigenvalue weighted by atomic mass is 10.2. The summed E-state index contributed by atoms with van der Waals surface area (Å²) in [5, 5.41) is 3.00. The molecule has 0 saturated carbocycles. The quantitative estimate of drug-likeness (QED) is 0.344. The van der Waals surface area contributed by atoms with Crippen LogP contribution in [0.25, 0.3) is 0 Å². The van der Waals surface area contributed by atoms with E-state index in [9.17, 15) is 21.6 Å². The Balaban J connectivity index is 1.66. The van der Waals surface area contributed by atoms with Crippen molar-refractivity contribution in [1.29, 1.82) is 0 Å². The average Bonchev–Trinajstić information content (AvgIpc) is 2.91. The number of carbonyl (C=O) groups excluding carboxylic acids is 1. The van der Waals surface area contributed by atoms with E-state index in [2.05, 4.69) is 5.32 Å². The van der Waals surface area contributed by atoms with Gasteiger partial charge in [-0.05, 0) is 68.3 Å². The number of piperidine rings is 1. The van der Waals surface area contributed by atoms with Gasteiger partial charge in [0.15, 0.2) is 0 Å². The Morgan fingerprint density at radius 1 is 0.925 bits per heavy atom. The highest BCUT2D eigenvalue weighted by Gasteiger charge is 2.31. The number of sulfonamides is 2. The Hall–Kier alpha value is -2.83. The Morgan fingerprint density at radius 2 is 1.55 bits per heavy atom. The summed E-state index contributed by atoms with van der Waals surface area (Å²) in [5.41, 5.74) is 1.12. The fourth-order valence-corrected chi connectivity index (χ4v) is 7.98. The molecule has 1 fully saturated rings. The summed E-state index contributed by atoms with van der Waals surface area (Å²) in [5.74, 6) is -0.570. The van der Waals surface area contributed by atoms with Crippen molar-refractivity contribution in [3.05, 3.63) is 76.3 Å². The first-order valence-corrected chi connectivity index (χ1v) is 16.1. The second kappa shape index (κ2) is 12.4. The number of nitrogens with one attached hydrogen (secondary N) is 1. The van der Waals surface area contributed by atoms with Crippen LogP contribution in [0.4, 0.5) is 11.4 Å². The average molecular weight is 627 g/mol. The van der Waals surface area contributed by atoms with E-state index in [1.54, 1.807) is 12.1 Å². The van der Waals surface area contributed by atoms with Gasteiger partial charge in [-0.2, -0.15) is 4.31 Å². The molecule has 13 heteroatoms. The van der Waals surface area contributed by atoms with E-state index in [0.717, 1.165) is 29.1 Å². The van der Waals surface area contributed by atoms with Crippen molar-refractivity contribution in [2.75, 3.05) is 36.4 Å². The van der Waals surface area contributed by atoms with Gasteiger partial charge in [0.25, 0.3) is 10.0 Å². The van der Waals surface area contributed by atoms with Crippen LogP contribution in [0.2, 0.25) is 10.0 Å². The Labute approximate surface area is 244 Å². The van der Waals surface area contributed by atoms with Crippen LogP contribution in [0.5, 0.6) is 5.75 Å². The number of anilines is 2. The first-order valence-electron chi connectivity index (χ1n) is 12.5. The molecule has 0 atom stereocenters. The highest BCUT2D eigenvalue weighted by Crippen LogP contribution is 2.32. The fourth-order valence-electron chi connectivity index (χ4n) is 4.37. The molecule has 1 N–H and O–H groups in total. The summed E-state index contributed by atoms with van der Waals surface area (Å²) >= 11 is 12.3. The van der Waals surface area contributed by atoms with E-state index in [1.807, 2.05) is 6.92 Å². The molecule has 0 spiro atoms. The first-order chi connectivity index (χ1) is 18.9. The second-order valence-corrected chi connectivity index (χ2v) is 14.0. The van der Waals surface area contributed by atoms with Gasteiger partial charge in [0.05, 0.1) is 17.7 Å². The van der Waals surface area contributed by atoms with Gasteiger partial charge in [-0.15, -0.1) is 0 Å². The van der Waals surface area contributed by atoms with Crippen molar-refractivity contribution in [2.24, 2.45) is 0 Å². The molecule has 1 heterocycles. The van der Waals surface area contributed by atoms with Crippen LogP contribution in [0.1, 0.15) is 24.8 Å². The zero-order valence-electron chi connectivity index (χ0n) is 21.9. The van der Waals surface area contributed by atoms with Crippen LogP contribution in [-0.2, 0) is 24.8 Å². The molecule has 0 radical (unpaired) electrons. The summed E-state index contributed by atoms with van der Waals surface area (Å²) < 4.78 is 61.6. The third-order valence-corrected chi connectivity index (χ3v) is 10.6. The topological polar surface area (TPSA) is 113 Å². The molecule has 1 saturated heterocycles. The predicted molar refractivity (Wildman–Crippen MR) is 156 cm³/mol. The zero-order chi connectivity index (χ0) is 29.1. The lowest BCUT2D eigenvalue weighted by Gasteiger charge is -2.27. The number of amides is 1. The maximum absolute atomic E-state index is 13.7. The highest BCUT2D eigenvalue weighted by atomic mass is 35.5. The number of benzene rings is 3. The number of methoxy groups -OCH3 is 1. The SMILES string of the molecule is COc1ccc(NC(=O)CN(c2cc(Cl)cc(Cl)c2)S(=O)(=O)c2ccc(C)cc2)cc1S(=O)(=O)N1CCCCC1. The lowest BCUT2D eigenvalue weighted by molar-refractivity contribution is -0.114. The van der Waals surface area contributed by atoms with E-state index < -0.39 is 32.5 Å². The van der Waals surface area contributed by atoms with E-state index in [4.69, 9.17) is 27.9 Å². The van der Waals surface area contributed by atoms with Gasteiger partial charge in [-0.1, -0.05) is 47.3 Å². The Morgan fingerprint density at radius 3 is 2.15 bits per heavy atom. The first kappa shape index (κ1) is 30.1. The van der Waals surface area contributed by atoms with Crippen LogP contribution in [0, 0.1) is 6.92 Å². The molecule has 1 amide bonds. The van der Waals surface area contributed by atoms with Crippen molar-refractivity contribution >= 4 is 60.5 Å². The predicted octanol–water partition coefficient (Wildman–Crippen LogP) is 5.32. The number of nitrogens with zero attached hydrogens (tertiary/aromatic N) is 2. The summed E-state index contributed by atoms with van der Waals surface area (Å²) in [7, 11) is -6.73. The third-order valence-electron chi connectivity index (χ3n) is 6.41. The summed E-state index contributed by atoms with van der Waals surface area (Å²) in [6.07, 6.45) is 2.48. The third kappa shape index (κ3) is 6.72. The lowest BCUT2D eigenvalue weighted by Crippen LogP contribution is -2.38. The van der Waals surface area contributed by atoms with Gasteiger partial charge in [-0.3, -0.25) is 9.10 Å². The van der Waals surface area contributed by atoms with Crippen molar-refractivity contribution in [3.8, 4) is 5.75 Å². The van der Waals surface area contributed by atoms with Crippen molar-refractivity contribution in [1.82, 2.24) is 4.31 Å². The molecule has 3 aromatic rings. The molecule has 1 aliphatic rings. The number of carbonyl (C=O) groups is 1. The monoisotopic (exact) mass is 625 g/mol. The van der Waals surface area contributed by atoms with Crippen LogP contribution in [0.15, 0.2) is 70.5 Å². The van der Waals surface area contributed by atoms with Gasteiger partial charge < -0.3 is 10.1 Å². The minimum absolute atomic E-state index is 0.0265. The van der Waals surface area contributed by atoms with Gasteiger partial charge in [0.1, 0.15) is 17.2 Å². The second-order valence-electron chi connectivity index (χ2n) is 9.33. The van der Waals surface area contributed by atoms with E-state index >= 15 is 0 Å². The highest BCUT2D eigenvalue weighted by molar-refractivity contribution is 7.92. The van der Waals surface area contributed by atoms with Crippen LogP contribution < -0.4 is 14.4 Å². The minimum Gasteiger partial charge on any atom is -0.495 e. The molecule has 40 heavy (non-hydrogen) atoms. The van der Waals surface area contributed by atoms with Gasteiger partial charge in [0.2, 0.25) is 15.9 Å². The maximum atomic E-state index is 13.7. The van der Waals surface area contributed by atoms with E-state index in [-0.39, 0.29) is 37.0 Å². The van der Waals surface area contributed by atoms with E-state index in [0.29, 0.717) is 13.1 Å². The van der Waals surface area contributed by atoms with Gasteiger partial charge in [-0.25, -0.2) is 16.8 Å². The summed E-state index contributed by atoms with van der Waals surface area (Å²) in [6.45, 7) is 1.99. The normalized spacial score (nSPS) is 14.5. The van der Waals surface area contributed by atoms with Crippen molar-refractivity contribution in [3.63, 3.8) is 0 Å². The molecule has 0 unspecified atom stereocenters. The van der Waals surface area contributed by atoms with Gasteiger partial charge in [0, 0.05) is 28.8 Å². The van der Waals surface area contributed by atoms with E-state index in [1.165, 1.54) is 59.9 Å². The standard InChI is InChI=1S/C27H29Cl2N3O6S2/c1-19-6-9-24(10-7-19)39(34,35)32(23-15-20(28)14-21(29)16-23)18-27(33)30-22-8-11-25(38-2)26(17-22)40(36,37)31-12-4-3-5-13-31/h6-11,14-17H,3-5,12-13,18H2,1-2H3,(H,30,33). The zero-order valence-corrected chi connectivity index (χ0v) is 25.1. The summed E-state index contributed by atoms with van der Waals surface area (Å²) in [6, 6.07) is 14.7. The number of hydrogen-bond acceptors (Lipinski definition) is 6. The Kier molecular flexibility index (Phi) is 9.31. The number of ether oxygens (including phenoxy) is 1. The van der Waals surface area contributed by atoms with Crippen LogP contribution in [0.3, 0.4) is 0 Å². The number of hydrogen-bond donors (Lipinski definition) is 1. The number of rotatable bonds is 9. The molecule has 0 aliphatic carbocycles. The number of aryl methyl sites for hydroxylation is 1. The minimum atomic E-state index is -4.22. The molecule has 3 aromatic carbocycles. The van der Waals surface area contributed by atoms with Crippen LogP contribution in [-0.4, -0.2) is 53.8 Å². The molecule has 0 aromatic heterocycles. The van der Waals surface area contributed by atoms with Crippen molar-refractivity contribution in [2.45, 2.75) is 36.0 Å². The molecule has 9 nitrogen and oxygen atoms in total. The molecular formula is C27H29Cl2N3O6S2. The largest absolute Gasteiger partial charge is 0.495 e. The smallest absolute Gasteiger partial charge is 0.264 e. The van der Waals surface area contributed by atoms with Crippen molar-refractivity contribution < 1.29 is 26.4 Å². The van der Waals surface area contributed by atoms with Gasteiger partial charge >= 0.3 is 0 Å². The molecule has 0 bridgehead atoms. The number of halogens is 2. The molecule has 4 rings (SSSR count).